The smallest absolute Gasteiger partial charge is 0.399 e. The predicted molar refractivity (Wildman–Crippen MR) is 504 cm³/mol. The fourth-order valence-electron chi connectivity index (χ4n) is 16.7. The van der Waals surface area contributed by atoms with E-state index < -0.39 is 0 Å². The van der Waals surface area contributed by atoms with Crippen LogP contribution in [0.5, 0.6) is 0 Å². The van der Waals surface area contributed by atoms with E-state index in [1.807, 2.05) is 0 Å². The minimum absolute atomic E-state index is 0. The summed E-state index contributed by atoms with van der Waals surface area (Å²) in [5.74, 6) is 0. The summed E-state index contributed by atoms with van der Waals surface area (Å²) in [4.78, 5) is 0. The van der Waals surface area contributed by atoms with Gasteiger partial charge in [0.1, 0.15) is 0 Å². The first-order valence-corrected chi connectivity index (χ1v) is 40.7. The lowest BCUT2D eigenvalue weighted by molar-refractivity contribution is 0.00578. The summed E-state index contributed by atoms with van der Waals surface area (Å²) < 4.78 is 25.7. The number of hydrogen-bond acceptors (Lipinski definition) is 4. The van der Waals surface area contributed by atoms with E-state index in [1.165, 1.54) is 168 Å². The first kappa shape index (κ1) is 76.6. The van der Waals surface area contributed by atoms with Crippen molar-refractivity contribution in [3.05, 3.63) is 387 Å². The van der Waals surface area contributed by atoms with E-state index in [0.717, 1.165) is 10.9 Å². The van der Waals surface area contributed by atoms with Crippen molar-refractivity contribution in [2.45, 2.75) is 85.2 Å². The molecule has 2 fully saturated rings. The first-order valence-electron chi connectivity index (χ1n) is 39.9. The monoisotopic (exact) mass is 1570 g/mol. The van der Waals surface area contributed by atoms with Crippen molar-refractivity contribution in [3.8, 4) is 66.8 Å². The molecule has 0 unspecified atom stereocenters. The Morgan fingerprint density at radius 1 is 0.207 bits per heavy atom. The zero-order valence-electron chi connectivity index (χ0n) is 66.0. The summed E-state index contributed by atoms with van der Waals surface area (Å²) in [6, 6.07) is 137. The van der Waals surface area contributed by atoms with Crippen molar-refractivity contribution in [1.82, 2.24) is 0 Å². The highest BCUT2D eigenvalue weighted by molar-refractivity contribution is 9.10. The number of hydrogen-bond donors (Lipinski definition) is 0. The molecule has 2 saturated heterocycles. The third kappa shape index (κ3) is 14.6. The molecule has 566 valence electrons. The maximum Gasteiger partial charge on any atom is 0.494 e. The van der Waals surface area contributed by atoms with Gasteiger partial charge in [0.25, 0.3) is 0 Å². The van der Waals surface area contributed by atoms with Gasteiger partial charge in [0, 0.05) is 5.90 Å². The molecule has 2 aliphatic rings. The summed E-state index contributed by atoms with van der Waals surface area (Å²) in [6.45, 7) is 16.6. The average Bonchev–Trinajstić information content (AvgIpc) is 1.27. The Morgan fingerprint density at radius 2 is 0.422 bits per heavy atom. The van der Waals surface area contributed by atoms with Crippen LogP contribution in [-0.4, -0.2) is 36.6 Å². The fraction of sp³-hybridized carbons (Fsp3) is 0.119. The largest absolute Gasteiger partial charge is 0.494 e. The van der Waals surface area contributed by atoms with Gasteiger partial charge in [-0.15, -0.1) is 0 Å². The van der Waals surface area contributed by atoms with E-state index in [-0.39, 0.29) is 45.5 Å². The van der Waals surface area contributed by atoms with Gasteiger partial charge < -0.3 is 18.6 Å². The Kier molecular flexibility index (Phi) is 20.9. The van der Waals surface area contributed by atoms with E-state index in [9.17, 15) is 0 Å². The number of fused-ring (bicyclic) bond motifs is 9. The van der Waals surface area contributed by atoms with Crippen molar-refractivity contribution >= 4 is 138 Å². The van der Waals surface area contributed by atoms with Gasteiger partial charge in [-0.25, -0.2) is 0 Å². The van der Waals surface area contributed by atoms with Crippen LogP contribution in [0.4, 0.5) is 0 Å². The second kappa shape index (κ2) is 31.6. The van der Waals surface area contributed by atoms with Crippen LogP contribution in [0.2, 0.25) is 0 Å². The molecule has 0 amide bonds. The number of rotatable bonds is 8. The molecule has 7 heteroatoms. The van der Waals surface area contributed by atoms with Crippen LogP contribution in [0.15, 0.2) is 387 Å². The second-order valence-electron chi connectivity index (χ2n) is 32.3. The van der Waals surface area contributed by atoms with Crippen LogP contribution in [0, 0.1) is 0 Å². The Bertz CT molecular complexity index is 6580. The van der Waals surface area contributed by atoms with Gasteiger partial charge in [-0.2, -0.15) is 0 Å². The molecule has 0 aromatic heterocycles. The third-order valence-electron chi connectivity index (χ3n) is 24.2. The van der Waals surface area contributed by atoms with Crippen LogP contribution >= 0.6 is 15.9 Å². The first-order chi connectivity index (χ1) is 55.9. The van der Waals surface area contributed by atoms with Crippen LogP contribution in [-0.2, 0) is 18.6 Å². The number of halogens is 1. The second-order valence-corrected chi connectivity index (χ2v) is 33.1. The van der Waals surface area contributed by atoms with Gasteiger partial charge in [0.05, 0.1) is 22.4 Å². The summed E-state index contributed by atoms with van der Waals surface area (Å²) >= 11 is 3.83. The van der Waals surface area contributed by atoms with Crippen LogP contribution in [0.25, 0.3) is 164 Å². The highest BCUT2D eigenvalue weighted by atomic mass is 79.9. The summed E-state index contributed by atoms with van der Waals surface area (Å²) in [5.41, 5.74) is 15.9. The third-order valence-corrected chi connectivity index (χ3v) is 25.1. The molecule has 21 rings (SSSR count). The van der Waals surface area contributed by atoms with Crippen LogP contribution < -0.4 is 10.9 Å². The van der Waals surface area contributed by atoms with Crippen molar-refractivity contribution in [2.75, 3.05) is 0 Å². The molecule has 19 aromatic carbocycles. The zero-order chi connectivity index (χ0) is 78.6. The molecule has 0 saturated carbocycles. The van der Waals surface area contributed by atoms with Gasteiger partial charge >= 0.3 is 14.2 Å². The van der Waals surface area contributed by atoms with Crippen LogP contribution in [0.1, 0.15) is 64.2 Å². The highest BCUT2D eigenvalue weighted by Gasteiger charge is 2.53. The minimum Gasteiger partial charge on any atom is -0.399 e. The molecule has 0 aliphatic carbocycles. The Morgan fingerprint density at radius 3 is 0.733 bits per heavy atom. The molecule has 0 N–H and O–H groups in total. The molecule has 0 radical (unpaired) electrons. The van der Waals surface area contributed by atoms with E-state index in [1.54, 1.807) is 0 Å². The van der Waals surface area contributed by atoms with E-state index in [0.29, 0.717) is 0 Å². The van der Waals surface area contributed by atoms with E-state index >= 15 is 0 Å². The van der Waals surface area contributed by atoms with Gasteiger partial charge in [0.2, 0.25) is 0 Å². The quantitative estimate of drug-likeness (QED) is 0.112. The fourth-order valence-corrected chi connectivity index (χ4v) is 17.4. The van der Waals surface area contributed by atoms with Gasteiger partial charge in [-0.05, 0) is 258 Å². The predicted octanol–water partition coefficient (Wildman–Crippen LogP) is 29.4. The maximum atomic E-state index is 6.14. The lowest BCUT2D eigenvalue weighted by Gasteiger charge is -2.32. The van der Waals surface area contributed by atoms with Crippen molar-refractivity contribution in [3.63, 3.8) is 0 Å². The van der Waals surface area contributed by atoms with Gasteiger partial charge in [-0.1, -0.05) is 377 Å². The molecule has 19 aromatic rings. The molecule has 0 bridgehead atoms. The molecule has 0 atom stereocenters. The van der Waals surface area contributed by atoms with Crippen molar-refractivity contribution in [1.29, 1.82) is 0 Å². The average molecular weight is 1570 g/mol. The molecule has 0 spiro atoms. The molecule has 4 nitrogen and oxygen atoms in total. The molecule has 2 heterocycles. The normalized spacial score (nSPS) is 14.5. The van der Waals surface area contributed by atoms with Gasteiger partial charge in [-0.3, -0.25) is 0 Å². The molecule has 2 aliphatic heterocycles. The lowest BCUT2D eigenvalue weighted by atomic mass is 9.78. The molecule has 116 heavy (non-hydrogen) atoms. The zero-order valence-corrected chi connectivity index (χ0v) is 67.6. The summed E-state index contributed by atoms with van der Waals surface area (Å²) in [7, 11) is -0.627. The Labute approximate surface area is 691 Å². The Hall–Kier alpha value is -12.0. The standard InChI is InChI=1S/C40H26.C24H15Br.2C22H23BO2.CH4.H2/c1-2-12-31-26-32(25-20-27(31)10-1)40-37-17-7-5-15-35(37)39(36-16-6-8-18-38(36)40)30-23-21-29(22-24-30)34-19-9-13-28-11-3-4-14-33(28)34;25-24-21-11-5-3-9-19(21)23(20-10-4-6-12-22(20)24)18-14-13-16-7-1-2-8-17(16)15-18;2*1-21(2)22(3,4)25-23(24-21)18-14-12-17(13-15-18)20-11-7-9-16-8-5-6-10-19(16)20;;/h1-26H;1-15H;2*5-15H,1-4H3;1H4;1H. The lowest BCUT2D eigenvalue weighted by Crippen LogP contribution is -2.41. The van der Waals surface area contributed by atoms with Crippen molar-refractivity contribution < 1.29 is 20.0 Å². The topological polar surface area (TPSA) is 36.9 Å². The highest BCUT2D eigenvalue weighted by Crippen LogP contribution is 2.47. The van der Waals surface area contributed by atoms with Crippen molar-refractivity contribution in [2.24, 2.45) is 0 Å². The summed E-state index contributed by atoms with van der Waals surface area (Å²) in [5, 5.41) is 22.9. The summed E-state index contributed by atoms with van der Waals surface area (Å²) in [6.07, 6.45) is 0. The van der Waals surface area contributed by atoms with E-state index in [2.05, 4.69) is 454 Å². The maximum absolute atomic E-state index is 6.14. The van der Waals surface area contributed by atoms with E-state index in [4.69, 9.17) is 18.6 Å². The van der Waals surface area contributed by atoms with Gasteiger partial charge in [0.15, 0.2) is 0 Å². The molecular weight excluding hydrogens is 1470 g/mol. The Balaban J connectivity index is 0.000000119. The van der Waals surface area contributed by atoms with Crippen LogP contribution in [0.3, 0.4) is 0 Å². The SMILES string of the molecule is Brc1c2ccccc2c(-c2ccc3ccccc3c2)c2ccccc12.C.CC1(C)OB(c2ccc(-c3cccc4ccccc34)cc2)OC1(C)C.CC1(C)OB(c2ccc(-c3cccc4ccccc34)cc2)OC1(C)C.[HH].c1ccc2cc(-c3c4ccccc4c(-c4ccc(-c5cccc6ccccc56)cc4)c4ccccc34)ccc2c1. The molecular formula is C109H93B2BrO4. The number of benzene rings is 19. The minimum atomic E-state index is -0.314.